The molecule has 0 aliphatic heterocycles. The van der Waals surface area contributed by atoms with Crippen LogP contribution in [0.1, 0.15) is 13.0 Å². The second kappa shape index (κ2) is 10.5. The summed E-state index contributed by atoms with van der Waals surface area (Å²) >= 11 is 0. The number of ether oxygens (including phenoxy) is 1. The quantitative estimate of drug-likeness (QED) is 0.313. The third-order valence-corrected chi connectivity index (χ3v) is 6.43. The van der Waals surface area contributed by atoms with Crippen molar-refractivity contribution in [1.82, 2.24) is 19.5 Å². The maximum atomic E-state index is 12.5. The number of nitrogens with zero attached hydrogens (tertiary/aromatic N) is 5. The lowest BCUT2D eigenvalue weighted by Gasteiger charge is -2.26. The van der Waals surface area contributed by atoms with Crippen molar-refractivity contribution in [2.75, 3.05) is 38.4 Å². The second-order valence-electron chi connectivity index (χ2n) is 8.22. The topological polar surface area (TPSA) is 138 Å². The number of hydrogen-bond donors (Lipinski definition) is 2. The Morgan fingerprint density at radius 3 is 2.66 bits per heavy atom. The van der Waals surface area contributed by atoms with Gasteiger partial charge in [0.1, 0.15) is 18.8 Å². The van der Waals surface area contributed by atoms with E-state index in [2.05, 4.69) is 15.0 Å². The van der Waals surface area contributed by atoms with Crippen molar-refractivity contribution in [3.63, 3.8) is 0 Å². The SMILES string of the molecule is CO[C@H](CO[P+](=O)Oc1cccc2ccccc12)[C@@H](O)[C@H](C)n1cnc2c(N(C)C)nc(N)nc21. The molecule has 12 heteroatoms. The van der Waals surface area contributed by atoms with Gasteiger partial charge in [-0.1, -0.05) is 36.4 Å². The zero-order chi connectivity index (χ0) is 25.1. The number of nitrogens with two attached hydrogens (primary N) is 1. The summed E-state index contributed by atoms with van der Waals surface area (Å²) in [4.78, 5) is 14.7. The van der Waals surface area contributed by atoms with Crippen molar-refractivity contribution in [2.24, 2.45) is 0 Å². The van der Waals surface area contributed by atoms with Gasteiger partial charge < -0.3 is 25.0 Å². The molecular weight excluding hydrogens is 471 g/mol. The molecule has 0 bridgehead atoms. The summed E-state index contributed by atoms with van der Waals surface area (Å²) in [5.74, 6) is 1.12. The average molecular weight is 499 g/mol. The number of hydrogen-bond acceptors (Lipinski definition) is 10. The van der Waals surface area contributed by atoms with Crippen LogP contribution < -0.4 is 15.2 Å². The molecule has 3 N–H and O–H groups in total. The van der Waals surface area contributed by atoms with E-state index in [1.54, 1.807) is 28.8 Å². The molecule has 1 unspecified atom stereocenters. The lowest BCUT2D eigenvalue weighted by Crippen LogP contribution is -2.38. The van der Waals surface area contributed by atoms with Crippen LogP contribution in [-0.4, -0.2) is 64.6 Å². The summed E-state index contributed by atoms with van der Waals surface area (Å²) in [6.45, 7) is 1.63. The van der Waals surface area contributed by atoms with Gasteiger partial charge in [0, 0.05) is 31.2 Å². The summed E-state index contributed by atoms with van der Waals surface area (Å²) in [5, 5.41) is 12.8. The summed E-state index contributed by atoms with van der Waals surface area (Å²) in [5.41, 5.74) is 6.92. The number of nitrogen functional groups attached to an aromatic ring is 1. The van der Waals surface area contributed by atoms with Gasteiger partial charge in [0.05, 0.1) is 12.4 Å². The zero-order valence-electron chi connectivity index (χ0n) is 19.9. The van der Waals surface area contributed by atoms with Crippen LogP contribution in [0.3, 0.4) is 0 Å². The maximum Gasteiger partial charge on any atom is 0.750 e. The van der Waals surface area contributed by atoms with Crippen LogP contribution in [0.25, 0.3) is 21.9 Å². The van der Waals surface area contributed by atoms with Gasteiger partial charge in [-0.15, -0.1) is 4.52 Å². The van der Waals surface area contributed by atoms with Gasteiger partial charge in [-0.2, -0.15) is 9.97 Å². The van der Waals surface area contributed by atoms with E-state index in [4.69, 9.17) is 19.5 Å². The van der Waals surface area contributed by atoms with E-state index in [0.29, 0.717) is 22.7 Å². The first-order valence-corrected chi connectivity index (χ1v) is 12.0. The van der Waals surface area contributed by atoms with E-state index < -0.39 is 26.5 Å². The minimum absolute atomic E-state index is 0.0962. The third kappa shape index (κ3) is 5.18. The number of anilines is 2. The van der Waals surface area contributed by atoms with E-state index >= 15 is 0 Å². The molecule has 4 rings (SSSR count). The van der Waals surface area contributed by atoms with Gasteiger partial charge in [-0.3, -0.25) is 0 Å². The normalized spacial score (nSPS) is 14.6. The number of aromatic nitrogens is 4. The molecule has 0 aliphatic carbocycles. The second-order valence-corrected chi connectivity index (χ2v) is 9.11. The molecule has 0 amide bonds. The average Bonchev–Trinajstić information content (AvgIpc) is 3.27. The van der Waals surface area contributed by atoms with Crippen molar-refractivity contribution in [2.45, 2.75) is 25.2 Å². The summed E-state index contributed by atoms with van der Waals surface area (Å²) < 4.78 is 30.6. The molecule has 0 saturated carbocycles. The minimum Gasteiger partial charge on any atom is -0.388 e. The molecule has 0 spiro atoms. The minimum atomic E-state index is -2.50. The number of aliphatic hydroxyl groups excluding tert-OH is 1. The van der Waals surface area contributed by atoms with Crippen molar-refractivity contribution < 1.29 is 23.5 Å². The predicted molar refractivity (Wildman–Crippen MR) is 134 cm³/mol. The number of imidazole rings is 1. The summed E-state index contributed by atoms with van der Waals surface area (Å²) in [6.07, 6.45) is -0.278. The number of aliphatic hydroxyl groups is 1. The fourth-order valence-electron chi connectivity index (χ4n) is 3.83. The maximum absolute atomic E-state index is 12.5. The monoisotopic (exact) mass is 499 g/mol. The lowest BCUT2D eigenvalue weighted by molar-refractivity contribution is -0.0539. The van der Waals surface area contributed by atoms with Crippen molar-refractivity contribution in [3.05, 3.63) is 48.8 Å². The molecule has 0 fully saturated rings. The zero-order valence-corrected chi connectivity index (χ0v) is 20.8. The molecule has 35 heavy (non-hydrogen) atoms. The van der Waals surface area contributed by atoms with Crippen LogP contribution in [0.5, 0.6) is 5.75 Å². The van der Waals surface area contributed by atoms with Gasteiger partial charge in [0.2, 0.25) is 5.95 Å². The molecular formula is C23H28N6O5P+. The Morgan fingerprint density at radius 1 is 1.17 bits per heavy atom. The van der Waals surface area contributed by atoms with Gasteiger partial charge in [-0.05, 0) is 18.4 Å². The fraction of sp³-hybridized carbons (Fsp3) is 0.348. The molecule has 0 aliphatic rings. The molecule has 4 atom stereocenters. The largest absolute Gasteiger partial charge is 0.750 e. The molecule has 2 aromatic heterocycles. The molecule has 184 valence electrons. The Labute approximate surface area is 203 Å². The van der Waals surface area contributed by atoms with Crippen LogP contribution in [0, 0.1) is 0 Å². The highest BCUT2D eigenvalue weighted by atomic mass is 31.1. The Morgan fingerprint density at radius 2 is 1.91 bits per heavy atom. The summed E-state index contributed by atoms with van der Waals surface area (Å²) in [7, 11) is 2.60. The van der Waals surface area contributed by atoms with Crippen LogP contribution in [-0.2, 0) is 13.8 Å². The Bertz CT molecular complexity index is 1340. The van der Waals surface area contributed by atoms with Gasteiger partial charge in [-0.25, -0.2) is 9.51 Å². The third-order valence-electron chi connectivity index (χ3n) is 5.73. The van der Waals surface area contributed by atoms with Crippen LogP contribution in [0.4, 0.5) is 11.8 Å². The van der Waals surface area contributed by atoms with Crippen molar-refractivity contribution in [3.8, 4) is 5.75 Å². The van der Waals surface area contributed by atoms with Crippen molar-refractivity contribution in [1.29, 1.82) is 0 Å². The molecule has 2 heterocycles. The molecule has 2 aromatic carbocycles. The number of fused-ring (bicyclic) bond motifs is 2. The Balaban J connectivity index is 1.46. The van der Waals surface area contributed by atoms with Gasteiger partial charge >= 0.3 is 8.25 Å². The molecule has 11 nitrogen and oxygen atoms in total. The fourth-order valence-corrected chi connectivity index (χ4v) is 4.47. The Hall–Kier alpha value is -3.37. The molecule has 4 aromatic rings. The smallest absolute Gasteiger partial charge is 0.388 e. The predicted octanol–water partition coefficient (Wildman–Crippen LogP) is 3.32. The first-order chi connectivity index (χ1) is 16.8. The number of methoxy groups -OCH3 is 1. The van der Waals surface area contributed by atoms with E-state index in [-0.39, 0.29) is 12.6 Å². The first-order valence-electron chi connectivity index (χ1n) is 10.9. The van der Waals surface area contributed by atoms with E-state index in [9.17, 15) is 9.67 Å². The first kappa shape index (κ1) is 24.7. The van der Waals surface area contributed by atoms with E-state index in [1.807, 2.05) is 50.5 Å². The van der Waals surface area contributed by atoms with Crippen LogP contribution in [0.15, 0.2) is 48.8 Å². The Kier molecular flexibility index (Phi) is 7.42. The molecule has 0 saturated heterocycles. The number of rotatable bonds is 10. The standard InChI is InChI=1S/C23H28N6O5P/c1-14(29-13-25-19-21(28(2)3)26-23(24)27-22(19)29)20(30)18(32-4)12-33-35(31)34-17-11-7-9-15-8-5-6-10-16(15)17/h5-11,13-14,18,20,30H,12H2,1-4H3,(H2,24,26,27)/q+1/t14-,18+,20-/m0/s1. The van der Waals surface area contributed by atoms with E-state index in [1.165, 1.54) is 7.11 Å². The van der Waals surface area contributed by atoms with Gasteiger partial charge in [0.25, 0.3) is 0 Å². The van der Waals surface area contributed by atoms with Crippen LogP contribution >= 0.6 is 8.25 Å². The highest BCUT2D eigenvalue weighted by molar-refractivity contribution is 7.33. The van der Waals surface area contributed by atoms with Gasteiger partial charge in [0.15, 0.2) is 22.7 Å². The summed E-state index contributed by atoms with van der Waals surface area (Å²) in [6, 6.07) is 12.6. The van der Waals surface area contributed by atoms with Crippen LogP contribution in [0.2, 0.25) is 0 Å². The van der Waals surface area contributed by atoms with Crippen molar-refractivity contribution >= 4 is 42.0 Å². The van der Waals surface area contributed by atoms with E-state index in [0.717, 1.165) is 10.8 Å². The number of benzene rings is 2. The lowest BCUT2D eigenvalue weighted by atomic mass is 10.1. The highest BCUT2D eigenvalue weighted by Gasteiger charge is 2.33. The highest BCUT2D eigenvalue weighted by Crippen LogP contribution is 2.34. The molecule has 0 radical (unpaired) electrons.